The zero-order valence-electron chi connectivity index (χ0n) is 10.5. The van der Waals surface area contributed by atoms with Gasteiger partial charge in [-0.3, -0.25) is 9.59 Å². The minimum Gasteiger partial charge on any atom is -0.343 e. The van der Waals surface area contributed by atoms with E-state index in [1.54, 1.807) is 30.2 Å². The fraction of sp³-hybridized carbons (Fsp3) is 0.500. The second-order valence-electron chi connectivity index (χ2n) is 4.33. The Morgan fingerprint density at radius 2 is 2.22 bits per heavy atom. The minimum absolute atomic E-state index is 0.0600. The number of hydrogen-bond acceptors (Lipinski definition) is 4. The van der Waals surface area contributed by atoms with Crippen LogP contribution in [0, 0.1) is 0 Å². The highest BCUT2D eigenvalue weighted by atomic mass is 16.2. The molecular weight excluding hydrogens is 232 g/mol. The molecular formula is C12H16N4O2. The molecule has 1 aromatic heterocycles. The van der Waals surface area contributed by atoms with E-state index in [1.807, 2.05) is 6.92 Å². The molecule has 6 nitrogen and oxygen atoms in total. The van der Waals surface area contributed by atoms with Crippen molar-refractivity contribution in [2.75, 3.05) is 0 Å². The number of aromatic nitrogens is 2. The first-order valence-corrected chi connectivity index (χ1v) is 6.01. The molecule has 0 aromatic carbocycles. The van der Waals surface area contributed by atoms with E-state index in [9.17, 15) is 9.59 Å². The van der Waals surface area contributed by atoms with Crippen LogP contribution in [0.2, 0.25) is 0 Å². The molecule has 1 aromatic rings. The third kappa shape index (κ3) is 2.32. The van der Waals surface area contributed by atoms with Gasteiger partial charge in [-0.15, -0.1) is 0 Å². The lowest BCUT2D eigenvalue weighted by Crippen LogP contribution is -2.61. The van der Waals surface area contributed by atoms with Crippen LogP contribution in [-0.4, -0.2) is 39.0 Å². The summed E-state index contributed by atoms with van der Waals surface area (Å²) < 4.78 is 0. The van der Waals surface area contributed by atoms with Gasteiger partial charge < -0.3 is 10.2 Å². The summed E-state index contributed by atoms with van der Waals surface area (Å²) in [6.07, 6.45) is 2.17. The lowest BCUT2D eigenvalue weighted by Gasteiger charge is -2.36. The van der Waals surface area contributed by atoms with Gasteiger partial charge in [0.2, 0.25) is 11.8 Å². The summed E-state index contributed by atoms with van der Waals surface area (Å²) in [5, 5.41) is 10.4. The number of rotatable bonds is 3. The smallest absolute Gasteiger partial charge is 0.246 e. The Kier molecular flexibility index (Phi) is 3.55. The van der Waals surface area contributed by atoms with E-state index in [1.165, 1.54) is 0 Å². The number of nitrogens with one attached hydrogen (secondary N) is 1. The lowest BCUT2D eigenvalue weighted by atomic mass is 10.1. The van der Waals surface area contributed by atoms with Crippen molar-refractivity contribution in [2.45, 2.75) is 38.9 Å². The molecule has 2 heterocycles. The summed E-state index contributed by atoms with van der Waals surface area (Å²) in [5.41, 5.74) is 0.683. The third-order valence-electron chi connectivity index (χ3n) is 3.11. The predicted molar refractivity (Wildman–Crippen MR) is 64.3 cm³/mol. The van der Waals surface area contributed by atoms with E-state index >= 15 is 0 Å². The molecule has 0 aliphatic carbocycles. The molecule has 1 fully saturated rings. The van der Waals surface area contributed by atoms with Crippen LogP contribution in [0.25, 0.3) is 0 Å². The minimum atomic E-state index is -0.470. The van der Waals surface area contributed by atoms with Crippen LogP contribution in [0.3, 0.4) is 0 Å². The molecule has 1 N–H and O–H groups in total. The zero-order chi connectivity index (χ0) is 13.1. The van der Waals surface area contributed by atoms with Crippen molar-refractivity contribution in [3.8, 4) is 0 Å². The molecule has 1 aliphatic rings. The molecule has 0 saturated carbocycles. The van der Waals surface area contributed by atoms with Crippen LogP contribution in [-0.2, 0) is 16.1 Å². The van der Waals surface area contributed by atoms with Crippen molar-refractivity contribution in [1.29, 1.82) is 0 Å². The molecule has 0 radical (unpaired) electrons. The fourth-order valence-electron chi connectivity index (χ4n) is 1.97. The molecule has 2 amide bonds. The predicted octanol–water partition coefficient (Wildman–Crippen LogP) is 0.102. The lowest BCUT2D eigenvalue weighted by molar-refractivity contribution is -0.149. The van der Waals surface area contributed by atoms with Crippen LogP contribution in [0.5, 0.6) is 0 Å². The number of amides is 2. The summed E-state index contributed by atoms with van der Waals surface area (Å²) in [4.78, 5) is 25.5. The van der Waals surface area contributed by atoms with E-state index < -0.39 is 12.1 Å². The quantitative estimate of drug-likeness (QED) is 0.823. The maximum absolute atomic E-state index is 12.2. The van der Waals surface area contributed by atoms with Gasteiger partial charge in [0.05, 0.1) is 12.2 Å². The number of carbonyl (C=O) groups excluding carboxylic acids is 2. The van der Waals surface area contributed by atoms with Crippen molar-refractivity contribution in [3.63, 3.8) is 0 Å². The van der Waals surface area contributed by atoms with Gasteiger partial charge in [-0.1, -0.05) is 6.92 Å². The first kappa shape index (κ1) is 12.5. The first-order valence-electron chi connectivity index (χ1n) is 6.01. The second-order valence-corrected chi connectivity index (χ2v) is 4.33. The number of carbonyl (C=O) groups is 2. The highest BCUT2D eigenvalue weighted by Gasteiger charge is 2.37. The largest absolute Gasteiger partial charge is 0.343 e. The van der Waals surface area contributed by atoms with Gasteiger partial charge in [-0.05, 0) is 25.5 Å². The Morgan fingerprint density at radius 3 is 2.83 bits per heavy atom. The van der Waals surface area contributed by atoms with E-state index in [0.717, 1.165) is 0 Å². The number of nitrogens with zero attached hydrogens (tertiary/aromatic N) is 3. The Labute approximate surface area is 105 Å². The van der Waals surface area contributed by atoms with E-state index in [0.29, 0.717) is 18.7 Å². The molecule has 0 spiro atoms. The van der Waals surface area contributed by atoms with Gasteiger partial charge in [-0.2, -0.15) is 10.2 Å². The first-order chi connectivity index (χ1) is 8.63. The molecule has 1 saturated heterocycles. The van der Waals surface area contributed by atoms with Crippen molar-refractivity contribution >= 4 is 11.8 Å². The Bertz CT molecular complexity index is 449. The molecule has 2 unspecified atom stereocenters. The average Bonchev–Trinajstić information content (AvgIpc) is 2.40. The van der Waals surface area contributed by atoms with E-state index in [-0.39, 0.29) is 11.8 Å². The van der Waals surface area contributed by atoms with E-state index in [2.05, 4.69) is 15.5 Å². The van der Waals surface area contributed by atoms with Crippen LogP contribution in [0.1, 0.15) is 26.0 Å². The van der Waals surface area contributed by atoms with Gasteiger partial charge in [0.15, 0.2) is 0 Å². The normalized spacial score (nSPS) is 24.0. The zero-order valence-corrected chi connectivity index (χ0v) is 10.5. The van der Waals surface area contributed by atoms with Gasteiger partial charge in [-0.25, -0.2) is 0 Å². The van der Waals surface area contributed by atoms with Gasteiger partial charge in [0, 0.05) is 6.20 Å². The molecule has 0 bridgehead atoms. The Balaban J connectivity index is 2.18. The SMILES string of the molecule is CCC1NC(=O)C(C)N(Cc2cccnn2)C1=O. The molecule has 2 rings (SSSR count). The Hall–Kier alpha value is -1.98. The molecule has 1 aliphatic heterocycles. The van der Waals surface area contributed by atoms with Crippen molar-refractivity contribution in [3.05, 3.63) is 24.0 Å². The van der Waals surface area contributed by atoms with E-state index in [4.69, 9.17) is 0 Å². The van der Waals surface area contributed by atoms with Crippen molar-refractivity contribution in [1.82, 2.24) is 20.4 Å². The average molecular weight is 248 g/mol. The van der Waals surface area contributed by atoms with Gasteiger partial charge >= 0.3 is 0 Å². The maximum Gasteiger partial charge on any atom is 0.246 e. The van der Waals surface area contributed by atoms with Crippen LogP contribution in [0.15, 0.2) is 18.3 Å². The topological polar surface area (TPSA) is 75.2 Å². The second kappa shape index (κ2) is 5.12. The summed E-state index contributed by atoms with van der Waals surface area (Å²) in [6, 6.07) is 2.66. The molecule has 6 heteroatoms. The monoisotopic (exact) mass is 248 g/mol. The van der Waals surface area contributed by atoms with Gasteiger partial charge in [0.1, 0.15) is 12.1 Å². The highest BCUT2D eigenvalue weighted by molar-refractivity contribution is 5.96. The summed E-state index contributed by atoms with van der Waals surface area (Å²) in [7, 11) is 0. The highest BCUT2D eigenvalue weighted by Crippen LogP contribution is 2.14. The Morgan fingerprint density at radius 1 is 1.44 bits per heavy atom. The fourth-order valence-corrected chi connectivity index (χ4v) is 1.97. The number of hydrogen-bond donors (Lipinski definition) is 1. The standard InChI is InChI=1S/C12H16N4O2/c1-3-10-12(18)16(8(2)11(17)14-10)7-9-5-4-6-13-15-9/h4-6,8,10H,3,7H2,1-2H3,(H,14,17). The van der Waals surface area contributed by atoms with Crippen molar-refractivity contribution in [2.24, 2.45) is 0 Å². The van der Waals surface area contributed by atoms with Crippen LogP contribution in [0.4, 0.5) is 0 Å². The van der Waals surface area contributed by atoms with Crippen LogP contribution < -0.4 is 5.32 Å². The summed E-state index contributed by atoms with van der Waals surface area (Å²) >= 11 is 0. The molecule has 18 heavy (non-hydrogen) atoms. The molecule has 96 valence electrons. The van der Waals surface area contributed by atoms with Gasteiger partial charge in [0.25, 0.3) is 0 Å². The van der Waals surface area contributed by atoms with Crippen LogP contribution >= 0.6 is 0 Å². The number of piperazine rings is 1. The third-order valence-corrected chi connectivity index (χ3v) is 3.11. The maximum atomic E-state index is 12.2. The summed E-state index contributed by atoms with van der Waals surface area (Å²) in [5.74, 6) is -0.180. The summed E-state index contributed by atoms with van der Waals surface area (Å²) in [6.45, 7) is 3.91. The molecule has 2 atom stereocenters. The van der Waals surface area contributed by atoms with Crippen molar-refractivity contribution < 1.29 is 9.59 Å².